The molecule has 2 aromatic heterocycles. The molecule has 0 spiro atoms. The summed E-state index contributed by atoms with van der Waals surface area (Å²) < 4.78 is 35.2. The highest BCUT2D eigenvalue weighted by Gasteiger charge is 2.61. The number of sulfonamides is 1. The van der Waals surface area contributed by atoms with Crippen molar-refractivity contribution < 1.29 is 27.5 Å². The zero-order valence-electron chi connectivity index (χ0n) is 33.5. The Hall–Kier alpha value is -4.62. The Bertz CT molecular complexity index is 2320. The minimum Gasteiger partial charge on any atom is -0.488 e. The van der Waals surface area contributed by atoms with Crippen LogP contribution < -0.4 is 14.8 Å². The standard InChI is InChI=1S/C45H53N5O6S2/c1-28(2)46-44-48-38(27-57-44)37-23-41(35-19-16-29(3)20-36(35)47-37)56-33-22-39-40(51)25-45(43(53)49-58(54,55)34-17-18-34)24-32(45)15-11-6-4-5-10-14-31(42(52)50(39)26-33)21-30-12-8-7-9-13-30/h7-9,11-13,15-16,19-20,23,27-28,31-34,39H,4-6,10,14,17-18,21-22,24-26H2,1-3H3,(H,46,48)(H,49,53)/b15-11-/t31-,32-,33-,39+,45-/m1/s1. The molecule has 58 heavy (non-hydrogen) atoms. The molecule has 1 saturated heterocycles. The number of carbonyl (C=O) groups excluding carboxylic acids is 3. The molecule has 306 valence electrons. The second-order valence-electron chi connectivity index (χ2n) is 17.1. The van der Waals surface area contributed by atoms with Gasteiger partial charge >= 0.3 is 0 Å². The smallest absolute Gasteiger partial charge is 0.240 e. The number of nitrogens with zero attached hydrogens (tertiary/aromatic N) is 3. The van der Waals surface area contributed by atoms with Crippen LogP contribution >= 0.6 is 11.3 Å². The lowest BCUT2D eigenvalue weighted by molar-refractivity contribution is -0.142. The summed E-state index contributed by atoms with van der Waals surface area (Å²) in [6.07, 6.45) is 9.85. The molecule has 4 aromatic rings. The van der Waals surface area contributed by atoms with E-state index in [0.717, 1.165) is 58.5 Å². The van der Waals surface area contributed by atoms with E-state index in [2.05, 4.69) is 30.0 Å². The average molecular weight is 824 g/mol. The number of benzene rings is 2. The van der Waals surface area contributed by atoms with E-state index in [9.17, 15) is 22.8 Å². The SMILES string of the molecule is Cc1ccc2c(O[C@@H]3C[C@H]4C(=O)C[C@]5(C(=O)NS(=O)(=O)C6CC6)C[C@H]5/C=C\CCCCC[C@H](Cc5ccccc5)C(=O)N4C3)cc(-c3csc(NC(C)C)n3)nc2c1. The van der Waals surface area contributed by atoms with Crippen molar-refractivity contribution in [3.05, 3.63) is 83.3 Å². The molecule has 11 nitrogen and oxygen atoms in total. The Labute approximate surface area is 345 Å². The van der Waals surface area contributed by atoms with Crippen molar-refractivity contribution in [3.63, 3.8) is 0 Å². The van der Waals surface area contributed by atoms with Crippen molar-refractivity contribution in [2.24, 2.45) is 17.3 Å². The van der Waals surface area contributed by atoms with Crippen molar-refractivity contribution in [2.75, 3.05) is 11.9 Å². The number of hydrogen-bond acceptors (Lipinski definition) is 10. The van der Waals surface area contributed by atoms with E-state index in [-0.39, 0.29) is 49.0 Å². The molecule has 2 aliphatic carbocycles. The number of rotatable bonds is 10. The molecule has 0 unspecified atom stereocenters. The monoisotopic (exact) mass is 823 g/mol. The molecule has 3 fully saturated rings. The van der Waals surface area contributed by atoms with Gasteiger partial charge in [-0.1, -0.05) is 61.4 Å². The summed E-state index contributed by atoms with van der Waals surface area (Å²) in [5, 5.41) is 6.38. The number of ketones is 1. The summed E-state index contributed by atoms with van der Waals surface area (Å²) >= 11 is 1.51. The third kappa shape index (κ3) is 8.85. The number of carbonyl (C=O) groups is 3. The Morgan fingerprint density at radius 2 is 1.83 bits per heavy atom. The van der Waals surface area contributed by atoms with Crippen LogP contribution in [0.25, 0.3) is 22.3 Å². The number of aromatic nitrogens is 2. The second kappa shape index (κ2) is 16.6. The average Bonchev–Trinajstić information content (AvgIpc) is 4.07. The van der Waals surface area contributed by atoms with E-state index in [1.807, 2.05) is 73.0 Å². The van der Waals surface area contributed by atoms with Crippen LogP contribution in [0.1, 0.15) is 89.2 Å². The van der Waals surface area contributed by atoms with Gasteiger partial charge in [-0.15, -0.1) is 11.3 Å². The van der Waals surface area contributed by atoms with Gasteiger partial charge < -0.3 is 15.0 Å². The zero-order valence-corrected chi connectivity index (χ0v) is 35.1. The van der Waals surface area contributed by atoms with Crippen LogP contribution in [0.4, 0.5) is 5.13 Å². The summed E-state index contributed by atoms with van der Waals surface area (Å²) in [4.78, 5) is 55.0. The number of ether oxygens (including phenoxy) is 1. The van der Waals surface area contributed by atoms with E-state index in [4.69, 9.17) is 14.7 Å². The van der Waals surface area contributed by atoms with Crippen molar-refractivity contribution in [1.82, 2.24) is 19.6 Å². The van der Waals surface area contributed by atoms with E-state index in [1.54, 1.807) is 4.90 Å². The lowest BCUT2D eigenvalue weighted by Gasteiger charge is -2.29. The fourth-order valence-corrected chi connectivity index (χ4v) is 10.9. The highest BCUT2D eigenvalue weighted by Crippen LogP contribution is 2.57. The summed E-state index contributed by atoms with van der Waals surface area (Å²) in [6, 6.07) is 17.3. The number of amides is 2. The highest BCUT2D eigenvalue weighted by molar-refractivity contribution is 7.90. The molecule has 0 radical (unpaired) electrons. The quantitative estimate of drug-likeness (QED) is 0.153. The molecule has 2 N–H and O–H groups in total. The van der Waals surface area contributed by atoms with Crippen LogP contribution in [0.15, 0.2) is 72.1 Å². The molecule has 2 amide bonds. The fraction of sp³-hybridized carbons (Fsp3) is 0.489. The number of allylic oxidation sites excluding steroid dienone is 2. The number of pyridine rings is 1. The summed E-state index contributed by atoms with van der Waals surface area (Å²) in [5.74, 6) is -0.961. The molecule has 13 heteroatoms. The molecular formula is C45H53N5O6S2. The van der Waals surface area contributed by atoms with Crippen molar-refractivity contribution in [1.29, 1.82) is 0 Å². The number of thiazole rings is 1. The van der Waals surface area contributed by atoms with Gasteiger partial charge in [0.25, 0.3) is 0 Å². The van der Waals surface area contributed by atoms with Gasteiger partial charge in [-0.05, 0) is 94.9 Å². The number of fused-ring (bicyclic) bond motifs is 3. The second-order valence-corrected chi connectivity index (χ2v) is 19.9. The number of anilines is 1. The largest absolute Gasteiger partial charge is 0.488 e. The van der Waals surface area contributed by atoms with Gasteiger partial charge in [0.05, 0.1) is 34.5 Å². The van der Waals surface area contributed by atoms with Crippen molar-refractivity contribution in [2.45, 2.75) is 115 Å². The van der Waals surface area contributed by atoms with E-state index in [0.29, 0.717) is 43.5 Å². The zero-order chi connectivity index (χ0) is 40.6. The highest BCUT2D eigenvalue weighted by atomic mass is 32.2. The molecule has 4 heterocycles. The maximum Gasteiger partial charge on any atom is 0.240 e. The number of aryl methyl sites for hydroxylation is 1. The van der Waals surface area contributed by atoms with Crippen LogP contribution in [-0.4, -0.2) is 70.9 Å². The Balaban J connectivity index is 1.13. The predicted octanol–water partition coefficient (Wildman–Crippen LogP) is 7.79. The lowest BCUT2D eigenvalue weighted by Crippen LogP contribution is -2.46. The Kier molecular flexibility index (Phi) is 11.5. The first-order valence-corrected chi connectivity index (χ1v) is 23.2. The molecular weight excluding hydrogens is 771 g/mol. The van der Waals surface area contributed by atoms with Crippen LogP contribution in [0.3, 0.4) is 0 Å². The van der Waals surface area contributed by atoms with Gasteiger partial charge in [-0.25, -0.2) is 18.4 Å². The Morgan fingerprint density at radius 3 is 2.60 bits per heavy atom. The molecule has 5 atom stereocenters. The van der Waals surface area contributed by atoms with Gasteiger partial charge in [0, 0.05) is 41.6 Å². The molecule has 4 aliphatic rings. The maximum atomic E-state index is 14.9. The van der Waals surface area contributed by atoms with Crippen LogP contribution in [0.5, 0.6) is 5.75 Å². The van der Waals surface area contributed by atoms with E-state index >= 15 is 0 Å². The van der Waals surface area contributed by atoms with Crippen LogP contribution in [0.2, 0.25) is 0 Å². The maximum absolute atomic E-state index is 14.9. The number of nitrogens with one attached hydrogen (secondary N) is 2. The summed E-state index contributed by atoms with van der Waals surface area (Å²) in [5.41, 5.74) is 3.05. The van der Waals surface area contributed by atoms with E-state index in [1.165, 1.54) is 11.3 Å². The summed E-state index contributed by atoms with van der Waals surface area (Å²) in [7, 11) is -3.82. The normalized spacial score (nSPS) is 26.0. The number of hydrogen-bond donors (Lipinski definition) is 2. The number of Topliss-reactive ketones (excluding diaryl/α,β-unsaturated/α-hetero) is 1. The third-order valence-corrected chi connectivity index (χ3v) is 14.6. The molecule has 0 bridgehead atoms. The first-order valence-electron chi connectivity index (χ1n) is 20.8. The predicted molar refractivity (Wildman–Crippen MR) is 227 cm³/mol. The van der Waals surface area contributed by atoms with Gasteiger partial charge in [-0.3, -0.25) is 19.1 Å². The molecule has 2 saturated carbocycles. The topological polar surface area (TPSA) is 148 Å². The van der Waals surface area contributed by atoms with Crippen molar-refractivity contribution >= 4 is 55.0 Å². The van der Waals surface area contributed by atoms with Gasteiger partial charge in [0.15, 0.2) is 10.9 Å². The molecule has 8 rings (SSSR count). The van der Waals surface area contributed by atoms with Gasteiger partial charge in [0.1, 0.15) is 17.5 Å². The molecule has 2 aliphatic heterocycles. The van der Waals surface area contributed by atoms with Gasteiger partial charge in [0.2, 0.25) is 21.8 Å². The van der Waals surface area contributed by atoms with Crippen molar-refractivity contribution in [3.8, 4) is 17.1 Å². The molecule has 2 aromatic carbocycles. The minimum atomic E-state index is -3.82. The van der Waals surface area contributed by atoms with Crippen LogP contribution in [-0.2, 0) is 30.8 Å². The first kappa shape index (κ1) is 40.2. The fourth-order valence-electron chi connectivity index (χ4n) is 8.64. The minimum absolute atomic E-state index is 0.0907. The third-order valence-electron chi connectivity index (χ3n) is 12.1. The first-order chi connectivity index (χ1) is 27.9. The van der Waals surface area contributed by atoms with Crippen LogP contribution in [0, 0.1) is 24.2 Å². The van der Waals surface area contributed by atoms with E-state index < -0.39 is 38.7 Å². The Morgan fingerprint density at radius 1 is 1.02 bits per heavy atom. The van der Waals surface area contributed by atoms with Gasteiger partial charge in [-0.2, -0.15) is 0 Å². The lowest BCUT2D eigenvalue weighted by atomic mass is 9.90. The summed E-state index contributed by atoms with van der Waals surface area (Å²) in [6.45, 7) is 6.34.